The van der Waals surface area contributed by atoms with Crippen molar-refractivity contribution in [2.75, 3.05) is 43.4 Å². The number of likely N-dealkylation sites (N-methyl/N-ethyl adjacent to an activating group) is 1. The highest BCUT2D eigenvalue weighted by molar-refractivity contribution is 9.10. The van der Waals surface area contributed by atoms with Crippen molar-refractivity contribution in [3.8, 4) is 0 Å². The van der Waals surface area contributed by atoms with Crippen molar-refractivity contribution in [3.05, 3.63) is 46.8 Å². The molecule has 1 aliphatic rings. The van der Waals surface area contributed by atoms with Gasteiger partial charge in [0.05, 0.1) is 0 Å². The molecule has 5 nitrogen and oxygen atoms in total. The van der Waals surface area contributed by atoms with Crippen molar-refractivity contribution in [1.29, 1.82) is 0 Å². The first-order valence-corrected chi connectivity index (χ1v) is 8.01. The van der Waals surface area contributed by atoms with Gasteiger partial charge in [0.25, 0.3) is 5.91 Å². The zero-order valence-electron chi connectivity index (χ0n) is 12.4. The number of nitrogens with one attached hydrogen (secondary N) is 1. The molecule has 0 aliphatic carbocycles. The van der Waals surface area contributed by atoms with Crippen LogP contribution in [0.3, 0.4) is 0 Å². The third kappa shape index (κ3) is 3.51. The van der Waals surface area contributed by atoms with Gasteiger partial charge in [-0.1, -0.05) is 0 Å². The molecular weight excluding hydrogens is 346 g/mol. The minimum Gasteiger partial charge on any atom is -0.444 e. The molecular formula is C16H18BrN3O2. The van der Waals surface area contributed by atoms with Crippen LogP contribution in [0.15, 0.2) is 45.5 Å². The van der Waals surface area contributed by atoms with E-state index in [-0.39, 0.29) is 11.7 Å². The van der Waals surface area contributed by atoms with E-state index in [1.54, 1.807) is 12.1 Å². The van der Waals surface area contributed by atoms with Gasteiger partial charge in [-0.3, -0.25) is 4.79 Å². The second kappa shape index (κ2) is 6.54. The number of hydrogen-bond acceptors (Lipinski definition) is 4. The Hall–Kier alpha value is -1.79. The Bertz CT molecular complexity index is 646. The Morgan fingerprint density at radius 3 is 2.36 bits per heavy atom. The SMILES string of the molecule is CN1CCN(c2ccc(NC(=O)c3ccc(Br)o3)cc2)CC1. The van der Waals surface area contributed by atoms with Crippen LogP contribution in [0, 0.1) is 0 Å². The molecule has 1 saturated heterocycles. The van der Waals surface area contributed by atoms with E-state index in [1.807, 2.05) is 24.3 Å². The summed E-state index contributed by atoms with van der Waals surface area (Å²) >= 11 is 3.19. The highest BCUT2D eigenvalue weighted by atomic mass is 79.9. The second-order valence-corrected chi connectivity index (χ2v) is 6.18. The first kappa shape index (κ1) is 15.1. The standard InChI is InChI=1S/C16H18BrN3O2/c1-19-8-10-20(11-9-19)13-4-2-12(3-5-13)18-16(21)14-6-7-15(17)22-14/h2-7H,8-11H2,1H3,(H,18,21). The average molecular weight is 364 g/mol. The van der Waals surface area contributed by atoms with Crippen molar-refractivity contribution in [1.82, 2.24) is 4.90 Å². The number of nitrogens with zero attached hydrogens (tertiary/aromatic N) is 2. The lowest BCUT2D eigenvalue weighted by atomic mass is 10.2. The Morgan fingerprint density at radius 2 is 1.77 bits per heavy atom. The molecule has 0 spiro atoms. The second-order valence-electron chi connectivity index (χ2n) is 5.40. The van der Waals surface area contributed by atoms with Crippen molar-refractivity contribution >= 4 is 33.2 Å². The van der Waals surface area contributed by atoms with E-state index in [1.165, 1.54) is 5.69 Å². The van der Waals surface area contributed by atoms with E-state index < -0.39 is 0 Å². The maximum atomic E-state index is 12.0. The summed E-state index contributed by atoms with van der Waals surface area (Å²) < 4.78 is 5.78. The third-order valence-electron chi connectivity index (χ3n) is 3.79. The van der Waals surface area contributed by atoms with Crippen LogP contribution in [0.2, 0.25) is 0 Å². The van der Waals surface area contributed by atoms with Gasteiger partial charge < -0.3 is 19.5 Å². The number of benzene rings is 1. The molecule has 1 aromatic heterocycles. The molecule has 6 heteroatoms. The van der Waals surface area contributed by atoms with Crippen LogP contribution in [0.25, 0.3) is 0 Å². The number of furan rings is 1. The Labute approximate surface area is 138 Å². The Kier molecular flexibility index (Phi) is 4.49. The molecule has 2 aromatic rings. The molecule has 1 aromatic carbocycles. The largest absolute Gasteiger partial charge is 0.444 e. The van der Waals surface area contributed by atoms with Crippen molar-refractivity contribution in [3.63, 3.8) is 0 Å². The van der Waals surface area contributed by atoms with Gasteiger partial charge >= 0.3 is 0 Å². The van der Waals surface area contributed by atoms with E-state index in [9.17, 15) is 4.79 Å². The van der Waals surface area contributed by atoms with Crippen molar-refractivity contribution in [2.24, 2.45) is 0 Å². The number of carbonyl (C=O) groups excluding carboxylic acids is 1. The summed E-state index contributed by atoms with van der Waals surface area (Å²) in [6.07, 6.45) is 0. The fraction of sp³-hybridized carbons (Fsp3) is 0.312. The fourth-order valence-electron chi connectivity index (χ4n) is 2.45. The molecule has 3 rings (SSSR count). The first-order chi connectivity index (χ1) is 10.6. The zero-order chi connectivity index (χ0) is 15.5. The molecule has 0 bridgehead atoms. The van der Waals surface area contributed by atoms with Crippen LogP contribution in [0.1, 0.15) is 10.6 Å². The predicted octanol–water partition coefficient (Wildman–Crippen LogP) is 3.05. The molecule has 0 saturated carbocycles. The highest BCUT2D eigenvalue weighted by Gasteiger charge is 2.15. The van der Waals surface area contributed by atoms with E-state index in [0.717, 1.165) is 31.9 Å². The molecule has 2 heterocycles. The van der Waals surface area contributed by atoms with Crippen LogP contribution in [0.4, 0.5) is 11.4 Å². The topological polar surface area (TPSA) is 48.7 Å². The molecule has 0 unspecified atom stereocenters. The smallest absolute Gasteiger partial charge is 0.291 e. The van der Waals surface area contributed by atoms with E-state index in [4.69, 9.17) is 4.42 Å². The fourth-order valence-corrected chi connectivity index (χ4v) is 2.76. The molecule has 1 aliphatic heterocycles. The maximum absolute atomic E-state index is 12.0. The van der Waals surface area contributed by atoms with Gasteiger partial charge in [0, 0.05) is 37.6 Å². The molecule has 0 radical (unpaired) electrons. The van der Waals surface area contributed by atoms with Gasteiger partial charge in [0.2, 0.25) is 0 Å². The number of halogens is 1. The normalized spacial score (nSPS) is 15.8. The van der Waals surface area contributed by atoms with E-state index in [2.05, 4.69) is 38.1 Å². The minimum absolute atomic E-state index is 0.252. The van der Waals surface area contributed by atoms with E-state index in [0.29, 0.717) is 4.67 Å². The van der Waals surface area contributed by atoms with Crippen LogP contribution < -0.4 is 10.2 Å². The Morgan fingerprint density at radius 1 is 1.09 bits per heavy atom. The molecule has 1 amide bonds. The van der Waals surface area contributed by atoms with Gasteiger partial charge in [-0.05, 0) is 59.4 Å². The summed E-state index contributed by atoms with van der Waals surface area (Å²) in [6, 6.07) is 11.3. The predicted molar refractivity (Wildman–Crippen MR) is 90.5 cm³/mol. The number of amides is 1. The number of hydrogen-bond donors (Lipinski definition) is 1. The number of rotatable bonds is 3. The summed E-state index contributed by atoms with van der Waals surface area (Å²) in [6.45, 7) is 4.21. The van der Waals surface area contributed by atoms with Crippen LogP contribution >= 0.6 is 15.9 Å². The maximum Gasteiger partial charge on any atom is 0.291 e. The zero-order valence-corrected chi connectivity index (χ0v) is 14.0. The van der Waals surface area contributed by atoms with Crippen molar-refractivity contribution in [2.45, 2.75) is 0 Å². The molecule has 22 heavy (non-hydrogen) atoms. The first-order valence-electron chi connectivity index (χ1n) is 7.22. The lowest BCUT2D eigenvalue weighted by Crippen LogP contribution is -2.44. The summed E-state index contributed by atoms with van der Waals surface area (Å²) in [5.41, 5.74) is 1.95. The Balaban J connectivity index is 1.63. The van der Waals surface area contributed by atoms with Gasteiger partial charge in [0.1, 0.15) is 0 Å². The van der Waals surface area contributed by atoms with Gasteiger partial charge in [-0.2, -0.15) is 0 Å². The van der Waals surface area contributed by atoms with Crippen molar-refractivity contribution < 1.29 is 9.21 Å². The number of carbonyl (C=O) groups is 1. The van der Waals surface area contributed by atoms with Crippen LogP contribution in [-0.2, 0) is 0 Å². The van der Waals surface area contributed by atoms with Crippen LogP contribution in [0.5, 0.6) is 0 Å². The lowest BCUT2D eigenvalue weighted by Gasteiger charge is -2.34. The number of anilines is 2. The van der Waals surface area contributed by atoms with E-state index >= 15 is 0 Å². The number of piperazine rings is 1. The highest BCUT2D eigenvalue weighted by Crippen LogP contribution is 2.20. The quantitative estimate of drug-likeness (QED) is 0.910. The summed E-state index contributed by atoms with van der Waals surface area (Å²) in [4.78, 5) is 16.7. The minimum atomic E-state index is -0.252. The summed E-state index contributed by atoms with van der Waals surface area (Å²) in [7, 11) is 2.14. The van der Waals surface area contributed by atoms with Crippen LogP contribution in [-0.4, -0.2) is 44.0 Å². The summed E-state index contributed by atoms with van der Waals surface area (Å²) in [5, 5.41) is 2.83. The molecule has 116 valence electrons. The van der Waals surface area contributed by atoms with Gasteiger partial charge in [-0.25, -0.2) is 0 Å². The molecule has 1 fully saturated rings. The van der Waals surface area contributed by atoms with Gasteiger partial charge in [0.15, 0.2) is 10.4 Å². The lowest BCUT2D eigenvalue weighted by molar-refractivity contribution is 0.0995. The summed E-state index contributed by atoms with van der Waals surface area (Å²) in [5.74, 6) is 0.0352. The third-order valence-corrected chi connectivity index (χ3v) is 4.22. The molecule has 1 N–H and O–H groups in total. The molecule has 0 atom stereocenters. The monoisotopic (exact) mass is 363 g/mol. The van der Waals surface area contributed by atoms with Gasteiger partial charge in [-0.15, -0.1) is 0 Å². The average Bonchev–Trinajstić information content (AvgIpc) is 2.96.